The molecular formula is C32H43ClO. The van der Waals surface area contributed by atoms with Crippen LogP contribution in [0, 0.1) is 23.7 Å². The molecular weight excluding hydrogens is 436 g/mol. The third-order valence-corrected chi connectivity index (χ3v) is 9.13. The molecule has 2 aromatic carbocycles. The lowest BCUT2D eigenvalue weighted by Crippen LogP contribution is -2.31. The molecule has 0 aliphatic heterocycles. The third kappa shape index (κ3) is 6.54. The van der Waals surface area contributed by atoms with E-state index >= 15 is 0 Å². The van der Waals surface area contributed by atoms with E-state index in [1.165, 1.54) is 92.7 Å². The fourth-order valence-corrected chi connectivity index (χ4v) is 6.93. The van der Waals surface area contributed by atoms with E-state index in [1.807, 2.05) is 0 Å². The van der Waals surface area contributed by atoms with Gasteiger partial charge in [-0.3, -0.25) is 0 Å². The first-order valence-electron chi connectivity index (χ1n) is 13.9. The maximum Gasteiger partial charge on any atom is 0.123 e. The van der Waals surface area contributed by atoms with Crippen molar-refractivity contribution < 1.29 is 4.79 Å². The van der Waals surface area contributed by atoms with Crippen LogP contribution in [0.2, 0.25) is 0 Å². The molecule has 1 nitrogen and oxygen atoms in total. The normalized spacial score (nSPS) is 26.2. The molecule has 0 saturated heterocycles. The van der Waals surface area contributed by atoms with Crippen molar-refractivity contribution in [2.45, 2.75) is 89.9 Å². The zero-order valence-electron chi connectivity index (χ0n) is 21.1. The molecule has 0 heterocycles. The van der Waals surface area contributed by atoms with Gasteiger partial charge in [-0.1, -0.05) is 74.7 Å². The van der Waals surface area contributed by atoms with Gasteiger partial charge < -0.3 is 4.79 Å². The number of rotatable bonds is 10. The van der Waals surface area contributed by atoms with Crippen LogP contribution < -0.4 is 0 Å². The number of benzene rings is 2. The van der Waals surface area contributed by atoms with Gasteiger partial charge in [0.2, 0.25) is 0 Å². The second kappa shape index (κ2) is 12.9. The highest BCUT2D eigenvalue weighted by molar-refractivity contribution is 6.17. The molecule has 0 radical (unpaired) electrons. The highest BCUT2D eigenvalue weighted by Gasteiger charge is 2.34. The Hall–Kier alpha value is -1.60. The Morgan fingerprint density at radius 2 is 1.38 bits per heavy atom. The van der Waals surface area contributed by atoms with Crippen LogP contribution in [-0.2, 0) is 11.2 Å². The van der Waals surface area contributed by atoms with Gasteiger partial charge in [0.15, 0.2) is 0 Å². The molecule has 1 unspecified atom stereocenters. The number of aldehydes is 1. The van der Waals surface area contributed by atoms with E-state index in [-0.39, 0.29) is 5.92 Å². The summed E-state index contributed by atoms with van der Waals surface area (Å²) in [4.78, 5) is 12.1. The minimum Gasteiger partial charge on any atom is -0.303 e. The smallest absolute Gasteiger partial charge is 0.123 e. The molecule has 34 heavy (non-hydrogen) atoms. The Morgan fingerprint density at radius 1 is 0.824 bits per heavy atom. The van der Waals surface area contributed by atoms with E-state index in [4.69, 9.17) is 11.6 Å². The van der Waals surface area contributed by atoms with Gasteiger partial charge in [-0.2, -0.15) is 0 Å². The van der Waals surface area contributed by atoms with Crippen LogP contribution >= 0.6 is 11.6 Å². The van der Waals surface area contributed by atoms with Gasteiger partial charge in [-0.15, -0.1) is 11.6 Å². The lowest BCUT2D eigenvalue weighted by Gasteiger charge is -2.38. The van der Waals surface area contributed by atoms with Crippen LogP contribution in [0.5, 0.6) is 0 Å². The largest absolute Gasteiger partial charge is 0.303 e. The molecule has 0 N–H and O–H groups in total. The van der Waals surface area contributed by atoms with Gasteiger partial charge in [0.25, 0.3) is 0 Å². The van der Waals surface area contributed by atoms with Crippen LogP contribution in [-0.4, -0.2) is 12.2 Å². The zero-order valence-corrected chi connectivity index (χ0v) is 21.8. The summed E-state index contributed by atoms with van der Waals surface area (Å²) in [7, 11) is 0. The molecule has 0 amide bonds. The van der Waals surface area contributed by atoms with Crippen molar-refractivity contribution in [1.29, 1.82) is 0 Å². The maximum atomic E-state index is 12.1. The fourth-order valence-electron chi connectivity index (χ4n) is 6.77. The summed E-state index contributed by atoms with van der Waals surface area (Å²) >= 11 is 5.88. The van der Waals surface area contributed by atoms with Crippen LogP contribution in [0.1, 0.15) is 94.6 Å². The quantitative estimate of drug-likeness (QED) is 0.245. The minimum absolute atomic E-state index is 0.285. The van der Waals surface area contributed by atoms with Crippen LogP contribution in [0.15, 0.2) is 48.5 Å². The number of carbonyl (C=O) groups excluding carboxylic acids is 1. The van der Waals surface area contributed by atoms with Crippen molar-refractivity contribution >= 4 is 17.9 Å². The lowest BCUT2D eigenvalue weighted by atomic mass is 9.66. The molecule has 2 aliphatic rings. The SMILES string of the molecule is CCCc1ccc(-c2ccc(C3CCC(C(C=O)C4CCC(CCCCl)CC4)CC3)cc2)cc1. The first-order valence-corrected chi connectivity index (χ1v) is 14.5. The molecule has 1 atom stereocenters. The van der Waals surface area contributed by atoms with Crippen molar-refractivity contribution in [2.24, 2.45) is 23.7 Å². The Labute approximate surface area is 212 Å². The van der Waals surface area contributed by atoms with E-state index in [1.54, 1.807) is 0 Å². The molecule has 0 aromatic heterocycles. The summed E-state index contributed by atoms with van der Waals surface area (Å²) in [6.07, 6.45) is 16.1. The van der Waals surface area contributed by atoms with Gasteiger partial charge in [-0.25, -0.2) is 0 Å². The van der Waals surface area contributed by atoms with Crippen molar-refractivity contribution in [3.05, 3.63) is 59.7 Å². The standard InChI is InChI=1S/C32H43ClO/c1-2-4-24-6-10-26(11-7-24)27-14-16-28(17-15-27)29-18-20-31(21-19-29)32(23-34)30-12-8-25(9-13-30)5-3-22-33/h6-7,10-11,14-17,23,25,29-32H,2-5,8-9,12-13,18-22H2,1H3. The number of alkyl halides is 1. The molecule has 2 fully saturated rings. The maximum absolute atomic E-state index is 12.1. The van der Waals surface area contributed by atoms with Gasteiger partial charge in [0.1, 0.15) is 6.29 Å². The van der Waals surface area contributed by atoms with Gasteiger partial charge >= 0.3 is 0 Å². The summed E-state index contributed by atoms with van der Waals surface area (Å²) in [6.45, 7) is 2.23. The predicted molar refractivity (Wildman–Crippen MR) is 146 cm³/mol. The summed E-state index contributed by atoms with van der Waals surface area (Å²) in [5, 5.41) is 0. The van der Waals surface area contributed by atoms with Crippen molar-refractivity contribution in [3.8, 4) is 11.1 Å². The first kappa shape index (κ1) is 25.5. The average Bonchev–Trinajstić information content (AvgIpc) is 2.90. The topological polar surface area (TPSA) is 17.1 Å². The zero-order chi connectivity index (χ0) is 23.8. The lowest BCUT2D eigenvalue weighted by molar-refractivity contribution is -0.115. The first-order chi connectivity index (χ1) is 16.7. The van der Waals surface area contributed by atoms with Crippen LogP contribution in [0.3, 0.4) is 0 Å². The summed E-state index contributed by atoms with van der Waals surface area (Å²) in [6, 6.07) is 18.3. The van der Waals surface area contributed by atoms with E-state index in [2.05, 4.69) is 55.5 Å². The second-order valence-electron chi connectivity index (χ2n) is 11.0. The number of carbonyl (C=O) groups is 1. The highest BCUT2D eigenvalue weighted by atomic mass is 35.5. The molecule has 2 heteroatoms. The van der Waals surface area contributed by atoms with Crippen LogP contribution in [0.4, 0.5) is 0 Å². The Bertz CT molecular complexity index is 855. The van der Waals surface area contributed by atoms with E-state index in [0.29, 0.717) is 17.8 Å². The van der Waals surface area contributed by atoms with E-state index in [9.17, 15) is 4.79 Å². The summed E-state index contributed by atoms with van der Waals surface area (Å²) in [5.41, 5.74) is 5.52. The number of halogens is 1. The molecule has 184 valence electrons. The monoisotopic (exact) mass is 478 g/mol. The Kier molecular flexibility index (Phi) is 9.68. The second-order valence-corrected chi connectivity index (χ2v) is 11.4. The molecule has 0 spiro atoms. The third-order valence-electron chi connectivity index (χ3n) is 8.86. The molecule has 2 saturated carbocycles. The summed E-state index contributed by atoms with van der Waals surface area (Å²) in [5.74, 6) is 3.78. The van der Waals surface area contributed by atoms with Crippen molar-refractivity contribution in [2.75, 3.05) is 5.88 Å². The van der Waals surface area contributed by atoms with Crippen LogP contribution in [0.25, 0.3) is 11.1 Å². The molecule has 2 aliphatic carbocycles. The molecule has 0 bridgehead atoms. The Morgan fingerprint density at radius 3 is 1.91 bits per heavy atom. The van der Waals surface area contributed by atoms with E-state index in [0.717, 1.165) is 24.6 Å². The minimum atomic E-state index is 0.285. The molecule has 4 rings (SSSR count). The van der Waals surface area contributed by atoms with E-state index < -0.39 is 0 Å². The van der Waals surface area contributed by atoms with Gasteiger partial charge in [-0.05, 0) is 104 Å². The highest BCUT2D eigenvalue weighted by Crippen LogP contribution is 2.44. The van der Waals surface area contributed by atoms with Gasteiger partial charge in [0, 0.05) is 11.8 Å². The number of hydrogen-bond donors (Lipinski definition) is 0. The number of aryl methyl sites for hydroxylation is 1. The van der Waals surface area contributed by atoms with Crippen molar-refractivity contribution in [1.82, 2.24) is 0 Å². The summed E-state index contributed by atoms with van der Waals surface area (Å²) < 4.78 is 0. The van der Waals surface area contributed by atoms with Crippen molar-refractivity contribution in [3.63, 3.8) is 0 Å². The van der Waals surface area contributed by atoms with Gasteiger partial charge in [0.05, 0.1) is 0 Å². The molecule has 2 aromatic rings. The number of hydrogen-bond acceptors (Lipinski definition) is 1. The predicted octanol–water partition coefficient (Wildman–Crippen LogP) is 9.22. The average molecular weight is 479 g/mol. The Balaban J connectivity index is 1.28. The fraction of sp³-hybridized carbons (Fsp3) is 0.594.